The maximum absolute atomic E-state index is 12.7. The van der Waals surface area contributed by atoms with Crippen LogP contribution in [-0.4, -0.2) is 57.2 Å². The number of nitrogens with one attached hydrogen (secondary N) is 1. The third-order valence-corrected chi connectivity index (χ3v) is 5.10. The maximum Gasteiger partial charge on any atom is 0.272 e. The Bertz CT molecular complexity index is 795. The fraction of sp³-hybridized carbons (Fsp3) is 0.650. The van der Waals surface area contributed by atoms with E-state index in [2.05, 4.69) is 33.8 Å². The van der Waals surface area contributed by atoms with E-state index in [4.69, 9.17) is 9.84 Å². The van der Waals surface area contributed by atoms with Crippen molar-refractivity contribution in [3.05, 3.63) is 34.9 Å². The van der Waals surface area contributed by atoms with Crippen LogP contribution in [0.5, 0.6) is 0 Å². The van der Waals surface area contributed by atoms with Gasteiger partial charge in [0.1, 0.15) is 0 Å². The second-order valence-electron chi connectivity index (χ2n) is 7.91. The molecule has 1 aliphatic rings. The first-order valence-electron chi connectivity index (χ1n) is 10.0. The van der Waals surface area contributed by atoms with E-state index in [0.29, 0.717) is 24.8 Å². The van der Waals surface area contributed by atoms with Crippen LogP contribution in [0.15, 0.2) is 12.4 Å². The number of aryl methyl sites for hydroxylation is 2. The summed E-state index contributed by atoms with van der Waals surface area (Å²) in [6, 6.07) is 0. The number of carbonyl (C=O) groups is 1. The second kappa shape index (κ2) is 9.34. The van der Waals surface area contributed by atoms with E-state index in [1.54, 1.807) is 7.11 Å². The van der Waals surface area contributed by atoms with Crippen LogP contribution in [0.1, 0.15) is 47.6 Å². The largest absolute Gasteiger partial charge is 0.383 e. The summed E-state index contributed by atoms with van der Waals surface area (Å²) in [6.07, 6.45) is 5.91. The predicted molar refractivity (Wildman–Crippen MR) is 107 cm³/mol. The summed E-state index contributed by atoms with van der Waals surface area (Å²) < 4.78 is 8.92. The van der Waals surface area contributed by atoms with Gasteiger partial charge in [-0.05, 0) is 12.3 Å². The number of ether oxygens (including phenoxy) is 1. The minimum Gasteiger partial charge on any atom is -0.383 e. The Morgan fingerprint density at radius 1 is 1.39 bits per heavy atom. The zero-order valence-electron chi connectivity index (χ0n) is 17.4. The van der Waals surface area contributed by atoms with Gasteiger partial charge in [-0.2, -0.15) is 10.2 Å². The van der Waals surface area contributed by atoms with Crippen LogP contribution in [-0.2, 0) is 37.8 Å². The number of aromatic nitrogens is 4. The SMILES string of the molecule is COCCNC(=O)c1nn(CCC(C)C)c2c1CN(Cc1cnn(C)c1)CC2. The molecule has 0 fully saturated rings. The summed E-state index contributed by atoms with van der Waals surface area (Å²) in [4.78, 5) is 15.1. The van der Waals surface area contributed by atoms with Gasteiger partial charge in [0, 0.05) is 76.3 Å². The third-order valence-electron chi connectivity index (χ3n) is 5.10. The molecule has 0 unspecified atom stereocenters. The van der Waals surface area contributed by atoms with Crippen molar-refractivity contribution < 1.29 is 9.53 Å². The van der Waals surface area contributed by atoms with Crippen LogP contribution in [0, 0.1) is 5.92 Å². The summed E-state index contributed by atoms with van der Waals surface area (Å²) in [7, 11) is 3.56. The first-order valence-corrected chi connectivity index (χ1v) is 10.0. The standard InChI is InChI=1S/C20H32N6O2/c1-15(2)5-9-26-18-6-8-25(13-16-11-22-24(3)12-16)14-17(18)19(23-26)20(27)21-7-10-28-4/h11-12,15H,5-10,13-14H2,1-4H3,(H,21,27). The van der Waals surface area contributed by atoms with Crippen LogP contribution < -0.4 is 5.32 Å². The summed E-state index contributed by atoms with van der Waals surface area (Å²) in [5.41, 5.74) is 4.02. The Kier molecular flexibility index (Phi) is 6.85. The first-order chi connectivity index (χ1) is 13.5. The topological polar surface area (TPSA) is 77.2 Å². The lowest BCUT2D eigenvalue weighted by atomic mass is 10.0. The van der Waals surface area contributed by atoms with Crippen molar-refractivity contribution in [1.82, 2.24) is 29.8 Å². The molecule has 0 radical (unpaired) electrons. The number of nitrogens with zero attached hydrogens (tertiary/aromatic N) is 5. The second-order valence-corrected chi connectivity index (χ2v) is 7.91. The van der Waals surface area contributed by atoms with Gasteiger partial charge in [0.05, 0.1) is 12.8 Å². The Hall–Kier alpha value is -2.19. The normalized spacial score (nSPS) is 14.5. The molecule has 0 saturated carbocycles. The van der Waals surface area contributed by atoms with Gasteiger partial charge >= 0.3 is 0 Å². The van der Waals surface area contributed by atoms with Crippen molar-refractivity contribution in [2.75, 3.05) is 26.8 Å². The smallest absolute Gasteiger partial charge is 0.272 e. The van der Waals surface area contributed by atoms with Crippen molar-refractivity contribution in [3.8, 4) is 0 Å². The van der Waals surface area contributed by atoms with Crippen molar-refractivity contribution in [2.24, 2.45) is 13.0 Å². The number of hydrogen-bond acceptors (Lipinski definition) is 5. The third kappa shape index (κ3) is 4.99. The van der Waals surface area contributed by atoms with Gasteiger partial charge in [0.15, 0.2) is 5.69 Å². The highest BCUT2D eigenvalue weighted by Gasteiger charge is 2.28. The molecule has 1 N–H and O–H groups in total. The monoisotopic (exact) mass is 388 g/mol. The van der Waals surface area contributed by atoms with Gasteiger partial charge in [-0.1, -0.05) is 13.8 Å². The Labute approximate surface area is 166 Å². The van der Waals surface area contributed by atoms with Gasteiger partial charge in [-0.15, -0.1) is 0 Å². The lowest BCUT2D eigenvalue weighted by Gasteiger charge is -2.27. The van der Waals surface area contributed by atoms with E-state index in [0.717, 1.165) is 44.6 Å². The van der Waals surface area contributed by atoms with Gasteiger partial charge in [0.2, 0.25) is 0 Å². The molecule has 2 aromatic rings. The number of amides is 1. The lowest BCUT2D eigenvalue weighted by Crippen LogP contribution is -2.33. The van der Waals surface area contributed by atoms with Crippen LogP contribution in [0.3, 0.4) is 0 Å². The Balaban J connectivity index is 1.78. The molecule has 0 spiro atoms. The summed E-state index contributed by atoms with van der Waals surface area (Å²) in [6.45, 7) is 8.79. The van der Waals surface area contributed by atoms with E-state index in [1.165, 1.54) is 11.3 Å². The molecular weight excluding hydrogens is 356 g/mol. The summed E-state index contributed by atoms with van der Waals surface area (Å²) >= 11 is 0. The molecule has 154 valence electrons. The van der Waals surface area contributed by atoms with Gasteiger partial charge < -0.3 is 10.1 Å². The average molecular weight is 389 g/mol. The van der Waals surface area contributed by atoms with Crippen molar-refractivity contribution >= 4 is 5.91 Å². The minimum absolute atomic E-state index is 0.111. The van der Waals surface area contributed by atoms with Crippen LogP contribution in [0.25, 0.3) is 0 Å². The quantitative estimate of drug-likeness (QED) is 0.660. The van der Waals surface area contributed by atoms with E-state index in [9.17, 15) is 4.79 Å². The molecule has 8 nitrogen and oxygen atoms in total. The molecule has 1 amide bonds. The fourth-order valence-electron chi connectivity index (χ4n) is 3.59. The van der Waals surface area contributed by atoms with Crippen LogP contribution in [0.2, 0.25) is 0 Å². The molecule has 8 heteroatoms. The molecule has 28 heavy (non-hydrogen) atoms. The number of carbonyl (C=O) groups excluding carboxylic acids is 1. The molecule has 0 saturated heterocycles. The molecule has 0 bridgehead atoms. The summed E-state index contributed by atoms with van der Waals surface area (Å²) in [5, 5.41) is 11.9. The van der Waals surface area contributed by atoms with E-state index in [-0.39, 0.29) is 5.91 Å². The summed E-state index contributed by atoms with van der Waals surface area (Å²) in [5.74, 6) is 0.490. The predicted octanol–water partition coefficient (Wildman–Crippen LogP) is 1.60. The molecule has 0 atom stereocenters. The maximum atomic E-state index is 12.7. The Morgan fingerprint density at radius 3 is 2.89 bits per heavy atom. The molecule has 0 aromatic carbocycles. The Morgan fingerprint density at radius 2 is 2.21 bits per heavy atom. The zero-order chi connectivity index (χ0) is 20.1. The van der Waals surface area contributed by atoms with Crippen LogP contribution in [0.4, 0.5) is 0 Å². The highest BCUT2D eigenvalue weighted by Crippen LogP contribution is 2.25. The molecule has 2 aromatic heterocycles. The lowest BCUT2D eigenvalue weighted by molar-refractivity contribution is 0.0929. The van der Waals surface area contributed by atoms with Gasteiger partial charge in [0.25, 0.3) is 5.91 Å². The highest BCUT2D eigenvalue weighted by atomic mass is 16.5. The van der Waals surface area contributed by atoms with Crippen molar-refractivity contribution in [2.45, 2.75) is 46.3 Å². The van der Waals surface area contributed by atoms with Gasteiger partial charge in [-0.3, -0.25) is 19.1 Å². The molecule has 3 rings (SSSR count). The fourth-order valence-corrected chi connectivity index (χ4v) is 3.59. The minimum atomic E-state index is -0.111. The van der Waals surface area contributed by atoms with Crippen molar-refractivity contribution in [1.29, 1.82) is 0 Å². The average Bonchev–Trinajstić information content (AvgIpc) is 3.23. The first kappa shape index (κ1) is 20.5. The van der Waals surface area contributed by atoms with Gasteiger partial charge in [-0.25, -0.2) is 0 Å². The number of rotatable bonds is 9. The zero-order valence-corrected chi connectivity index (χ0v) is 17.4. The highest BCUT2D eigenvalue weighted by molar-refractivity contribution is 5.94. The number of hydrogen-bond donors (Lipinski definition) is 1. The molecule has 3 heterocycles. The molecule has 1 aliphatic heterocycles. The molecule has 0 aliphatic carbocycles. The van der Waals surface area contributed by atoms with E-state index in [1.807, 2.05) is 24.1 Å². The van der Waals surface area contributed by atoms with E-state index < -0.39 is 0 Å². The van der Waals surface area contributed by atoms with E-state index >= 15 is 0 Å². The van der Waals surface area contributed by atoms with Crippen molar-refractivity contribution in [3.63, 3.8) is 0 Å². The number of methoxy groups -OCH3 is 1. The molecular formula is C20H32N6O2. The van der Waals surface area contributed by atoms with Crippen LogP contribution >= 0.6 is 0 Å². The number of fused-ring (bicyclic) bond motifs is 1.